The van der Waals surface area contributed by atoms with Crippen molar-refractivity contribution in [3.63, 3.8) is 0 Å². The molecule has 4 rings (SSSR count). The Labute approximate surface area is 202 Å². The van der Waals surface area contributed by atoms with E-state index in [-0.39, 0.29) is 28.7 Å². The Bertz CT molecular complexity index is 1420. The summed E-state index contributed by atoms with van der Waals surface area (Å²) in [5.74, 6) is -0.598. The average molecular weight is 494 g/mol. The van der Waals surface area contributed by atoms with E-state index in [0.29, 0.717) is 22.0 Å². The quantitative estimate of drug-likeness (QED) is 0.275. The van der Waals surface area contributed by atoms with Crippen LogP contribution < -0.4 is 15.4 Å². The number of hydrogen-bond acceptors (Lipinski definition) is 8. The molecule has 11 nitrogen and oxygen atoms in total. The third-order valence-electron chi connectivity index (χ3n) is 4.76. The summed E-state index contributed by atoms with van der Waals surface area (Å²) in [6, 6.07) is 16.2. The van der Waals surface area contributed by atoms with Gasteiger partial charge in [-0.15, -0.1) is 5.10 Å². The fourth-order valence-corrected chi connectivity index (χ4v) is 3.25. The number of aromatic nitrogens is 2. The Morgan fingerprint density at radius 1 is 1.00 bits per heavy atom. The largest absolute Gasteiger partial charge is 0.496 e. The van der Waals surface area contributed by atoms with Crippen molar-refractivity contribution in [1.29, 1.82) is 0 Å². The molecule has 176 valence electrons. The standard InChI is InChI=1S/C23H16ClN5O6/c1-34-19-10-7-15(24)12-18(19)21(31)25-16-4-2-3-14(11-16)20(30)26-23-28-27-22(35-23)13-5-8-17(9-6-13)29(32)33/h2-12H,1H3,(H,25,31)(H,26,28,30). The number of ether oxygens (including phenoxy) is 1. The van der Waals surface area contributed by atoms with Crippen molar-refractivity contribution in [1.82, 2.24) is 10.2 Å². The maximum atomic E-state index is 12.7. The second-order valence-corrected chi connectivity index (χ2v) is 7.49. The highest BCUT2D eigenvalue weighted by Crippen LogP contribution is 2.25. The molecule has 0 aliphatic heterocycles. The number of rotatable bonds is 7. The summed E-state index contributed by atoms with van der Waals surface area (Å²) in [5.41, 5.74) is 1.18. The summed E-state index contributed by atoms with van der Waals surface area (Å²) in [5, 5.41) is 23.9. The molecular formula is C23H16ClN5O6. The van der Waals surface area contributed by atoms with Crippen LogP contribution in [0.4, 0.5) is 17.4 Å². The molecule has 0 aliphatic carbocycles. The molecule has 3 aromatic carbocycles. The Balaban J connectivity index is 1.45. The average Bonchev–Trinajstić information content (AvgIpc) is 3.32. The molecule has 12 heteroatoms. The third kappa shape index (κ3) is 5.42. The molecule has 1 heterocycles. The zero-order chi connectivity index (χ0) is 24.9. The van der Waals surface area contributed by atoms with Gasteiger partial charge in [0.2, 0.25) is 5.89 Å². The molecule has 0 atom stereocenters. The predicted octanol–water partition coefficient (Wildman–Crippen LogP) is 4.81. The van der Waals surface area contributed by atoms with Crippen molar-refractivity contribution in [2.75, 3.05) is 17.7 Å². The molecule has 0 fully saturated rings. The molecule has 4 aromatic rings. The summed E-state index contributed by atoms with van der Waals surface area (Å²) >= 11 is 5.99. The van der Waals surface area contributed by atoms with E-state index in [1.54, 1.807) is 30.3 Å². The van der Waals surface area contributed by atoms with Crippen molar-refractivity contribution in [3.05, 3.63) is 93.0 Å². The van der Waals surface area contributed by atoms with Gasteiger partial charge in [-0.1, -0.05) is 22.8 Å². The number of nitrogens with zero attached hydrogens (tertiary/aromatic N) is 3. The topological polar surface area (TPSA) is 149 Å². The van der Waals surface area contributed by atoms with E-state index in [9.17, 15) is 19.7 Å². The number of hydrogen-bond donors (Lipinski definition) is 2. The number of nitrogens with one attached hydrogen (secondary N) is 2. The number of carbonyl (C=O) groups excluding carboxylic acids is 2. The van der Waals surface area contributed by atoms with Crippen molar-refractivity contribution < 1.29 is 23.7 Å². The third-order valence-corrected chi connectivity index (χ3v) is 4.99. The lowest BCUT2D eigenvalue weighted by Crippen LogP contribution is -2.15. The van der Waals surface area contributed by atoms with Crippen LogP contribution in [0.5, 0.6) is 5.75 Å². The SMILES string of the molecule is COc1ccc(Cl)cc1C(=O)Nc1cccc(C(=O)Nc2nnc(-c3ccc([N+](=O)[O-])cc3)o2)c1. The summed E-state index contributed by atoms with van der Waals surface area (Å²) in [7, 11) is 1.44. The number of benzene rings is 3. The van der Waals surface area contributed by atoms with Crippen LogP contribution in [-0.4, -0.2) is 34.0 Å². The van der Waals surface area contributed by atoms with Crippen LogP contribution in [0.25, 0.3) is 11.5 Å². The highest BCUT2D eigenvalue weighted by atomic mass is 35.5. The number of non-ortho nitro benzene ring substituents is 1. The van der Waals surface area contributed by atoms with Gasteiger partial charge in [0.25, 0.3) is 17.5 Å². The van der Waals surface area contributed by atoms with E-state index in [1.807, 2.05) is 0 Å². The molecule has 0 saturated heterocycles. The molecule has 1 aromatic heterocycles. The van der Waals surface area contributed by atoms with Crippen molar-refractivity contribution in [2.24, 2.45) is 0 Å². The van der Waals surface area contributed by atoms with Gasteiger partial charge in [-0.25, -0.2) is 0 Å². The number of anilines is 2. The van der Waals surface area contributed by atoms with Gasteiger partial charge in [-0.2, -0.15) is 0 Å². The van der Waals surface area contributed by atoms with E-state index < -0.39 is 16.7 Å². The number of nitro benzene ring substituents is 1. The molecule has 0 unspecified atom stereocenters. The molecule has 0 saturated carbocycles. The monoisotopic (exact) mass is 493 g/mol. The maximum absolute atomic E-state index is 12.7. The maximum Gasteiger partial charge on any atom is 0.322 e. The first-order chi connectivity index (χ1) is 16.8. The minimum Gasteiger partial charge on any atom is -0.496 e. The number of nitro groups is 1. The van der Waals surface area contributed by atoms with Crippen LogP contribution in [0.15, 0.2) is 71.1 Å². The van der Waals surface area contributed by atoms with Gasteiger partial charge in [-0.05, 0) is 48.5 Å². The van der Waals surface area contributed by atoms with Crippen LogP contribution in [0.2, 0.25) is 5.02 Å². The summed E-state index contributed by atoms with van der Waals surface area (Å²) in [4.78, 5) is 35.6. The normalized spacial score (nSPS) is 10.5. The van der Waals surface area contributed by atoms with Gasteiger partial charge in [0, 0.05) is 34.0 Å². The molecule has 2 N–H and O–H groups in total. The van der Waals surface area contributed by atoms with Crippen LogP contribution in [0, 0.1) is 10.1 Å². The van der Waals surface area contributed by atoms with Gasteiger partial charge >= 0.3 is 6.01 Å². The minimum atomic E-state index is -0.555. The smallest absolute Gasteiger partial charge is 0.322 e. The van der Waals surface area contributed by atoms with Crippen LogP contribution in [0.1, 0.15) is 20.7 Å². The highest BCUT2D eigenvalue weighted by molar-refractivity contribution is 6.31. The number of halogens is 1. The van der Waals surface area contributed by atoms with E-state index in [4.69, 9.17) is 20.8 Å². The summed E-state index contributed by atoms with van der Waals surface area (Å²) < 4.78 is 10.6. The van der Waals surface area contributed by atoms with Crippen LogP contribution in [0.3, 0.4) is 0 Å². The van der Waals surface area contributed by atoms with Gasteiger partial charge in [0.1, 0.15) is 5.75 Å². The lowest BCUT2D eigenvalue weighted by Gasteiger charge is -2.10. The minimum absolute atomic E-state index is 0.0756. The van der Waals surface area contributed by atoms with E-state index >= 15 is 0 Å². The van der Waals surface area contributed by atoms with Crippen molar-refractivity contribution >= 4 is 40.8 Å². The molecule has 2 amide bonds. The zero-order valence-electron chi connectivity index (χ0n) is 18.0. The fourth-order valence-electron chi connectivity index (χ4n) is 3.08. The van der Waals surface area contributed by atoms with Gasteiger partial charge in [0.05, 0.1) is 17.6 Å². The van der Waals surface area contributed by atoms with Gasteiger partial charge in [0.15, 0.2) is 0 Å². The molecule has 0 aliphatic rings. The Hall–Kier alpha value is -4.77. The Morgan fingerprint density at radius 2 is 1.77 bits per heavy atom. The molecule has 0 radical (unpaired) electrons. The first-order valence-electron chi connectivity index (χ1n) is 9.98. The van der Waals surface area contributed by atoms with Crippen LogP contribution in [-0.2, 0) is 0 Å². The number of methoxy groups -OCH3 is 1. The first kappa shape index (κ1) is 23.4. The lowest BCUT2D eigenvalue weighted by atomic mass is 10.1. The molecule has 0 bridgehead atoms. The Kier molecular flexibility index (Phi) is 6.69. The molecular weight excluding hydrogens is 478 g/mol. The lowest BCUT2D eigenvalue weighted by molar-refractivity contribution is -0.384. The van der Waals surface area contributed by atoms with E-state index in [2.05, 4.69) is 20.8 Å². The summed E-state index contributed by atoms with van der Waals surface area (Å²) in [6.45, 7) is 0. The van der Waals surface area contributed by atoms with Gasteiger partial charge < -0.3 is 14.5 Å². The second kappa shape index (κ2) is 10.0. The van der Waals surface area contributed by atoms with E-state index in [1.165, 1.54) is 43.5 Å². The number of amides is 2. The Morgan fingerprint density at radius 3 is 2.49 bits per heavy atom. The first-order valence-corrected chi connectivity index (χ1v) is 10.4. The number of carbonyl (C=O) groups is 2. The van der Waals surface area contributed by atoms with Gasteiger partial charge in [-0.3, -0.25) is 25.0 Å². The van der Waals surface area contributed by atoms with Crippen molar-refractivity contribution in [3.8, 4) is 17.2 Å². The predicted molar refractivity (Wildman–Crippen MR) is 127 cm³/mol. The summed E-state index contributed by atoms with van der Waals surface area (Å²) in [6.07, 6.45) is 0. The van der Waals surface area contributed by atoms with Crippen LogP contribution >= 0.6 is 11.6 Å². The van der Waals surface area contributed by atoms with E-state index in [0.717, 1.165) is 0 Å². The second-order valence-electron chi connectivity index (χ2n) is 7.05. The highest BCUT2D eigenvalue weighted by Gasteiger charge is 2.16. The molecule has 0 spiro atoms. The fraction of sp³-hybridized carbons (Fsp3) is 0.0435. The zero-order valence-corrected chi connectivity index (χ0v) is 18.8. The molecule has 35 heavy (non-hydrogen) atoms. The van der Waals surface area contributed by atoms with Crippen molar-refractivity contribution in [2.45, 2.75) is 0 Å².